The van der Waals surface area contributed by atoms with Crippen LogP contribution in [0.1, 0.15) is 18.4 Å². The van der Waals surface area contributed by atoms with E-state index >= 15 is 0 Å². The second-order valence-corrected chi connectivity index (χ2v) is 9.47. The Morgan fingerprint density at radius 1 is 1.23 bits per heavy atom. The normalized spacial score (nSPS) is 15.9. The van der Waals surface area contributed by atoms with Gasteiger partial charge in [0.15, 0.2) is 6.61 Å². The molecule has 1 amide bonds. The zero-order valence-electron chi connectivity index (χ0n) is 16.6. The number of carbonyl (C=O) groups excluding carboxylic acids is 1. The molecule has 0 atom stereocenters. The van der Waals surface area contributed by atoms with Crippen LogP contribution in [0.15, 0.2) is 47.4 Å². The number of carbonyl (C=O) groups is 1. The van der Waals surface area contributed by atoms with Crippen molar-refractivity contribution >= 4 is 27.5 Å². The third-order valence-corrected chi connectivity index (χ3v) is 6.50. The summed E-state index contributed by atoms with van der Waals surface area (Å²) >= 11 is 5.82. The smallest absolute Gasteiger partial charge is 0.260 e. The molecule has 0 radical (unpaired) electrons. The SMILES string of the molecule is N#CC1(Cc2ccc(F)cc2)CCN(C(=O)COc2ccc(Cl)cc2S(N)(=O)=O)CC1. The van der Waals surface area contributed by atoms with Crippen molar-refractivity contribution < 1.29 is 22.3 Å². The van der Waals surface area contributed by atoms with E-state index in [0.29, 0.717) is 32.4 Å². The van der Waals surface area contributed by atoms with Gasteiger partial charge in [0.1, 0.15) is 16.5 Å². The van der Waals surface area contributed by atoms with Gasteiger partial charge in [-0.3, -0.25) is 4.79 Å². The number of rotatable bonds is 6. The average Bonchev–Trinajstić information content (AvgIpc) is 2.74. The van der Waals surface area contributed by atoms with Gasteiger partial charge in [0, 0.05) is 18.1 Å². The van der Waals surface area contributed by atoms with E-state index in [-0.39, 0.29) is 34.0 Å². The quantitative estimate of drug-likeness (QED) is 0.704. The lowest BCUT2D eigenvalue weighted by Crippen LogP contribution is -2.45. The van der Waals surface area contributed by atoms with Crippen LogP contribution in [0.5, 0.6) is 5.75 Å². The van der Waals surface area contributed by atoms with Crippen molar-refractivity contribution in [3.63, 3.8) is 0 Å². The number of sulfonamides is 1. The maximum absolute atomic E-state index is 13.1. The highest BCUT2D eigenvalue weighted by Crippen LogP contribution is 2.35. The Morgan fingerprint density at radius 2 is 1.87 bits per heavy atom. The van der Waals surface area contributed by atoms with Crippen LogP contribution in [0, 0.1) is 22.6 Å². The molecule has 0 bridgehead atoms. The third kappa shape index (κ3) is 5.73. The number of likely N-dealkylation sites (tertiary alicyclic amines) is 1. The van der Waals surface area contributed by atoms with E-state index in [1.807, 2.05) is 0 Å². The van der Waals surface area contributed by atoms with E-state index in [1.165, 1.54) is 24.3 Å². The first-order valence-electron chi connectivity index (χ1n) is 9.50. The van der Waals surface area contributed by atoms with Crippen LogP contribution in [0.4, 0.5) is 4.39 Å². The minimum atomic E-state index is -4.07. The highest BCUT2D eigenvalue weighted by Gasteiger charge is 2.36. The van der Waals surface area contributed by atoms with Crippen LogP contribution in [-0.4, -0.2) is 38.9 Å². The van der Waals surface area contributed by atoms with E-state index in [4.69, 9.17) is 21.5 Å². The van der Waals surface area contributed by atoms with Gasteiger partial charge in [-0.2, -0.15) is 5.26 Å². The number of nitriles is 1. The molecule has 0 unspecified atom stereocenters. The molecule has 0 aromatic heterocycles. The average molecular weight is 466 g/mol. The van der Waals surface area contributed by atoms with E-state index in [1.54, 1.807) is 17.0 Å². The van der Waals surface area contributed by atoms with Crippen LogP contribution in [0.3, 0.4) is 0 Å². The topological polar surface area (TPSA) is 113 Å². The lowest BCUT2D eigenvalue weighted by molar-refractivity contribution is -0.135. The maximum Gasteiger partial charge on any atom is 0.260 e. The highest BCUT2D eigenvalue weighted by molar-refractivity contribution is 7.89. The molecule has 2 aromatic rings. The Balaban J connectivity index is 1.60. The summed E-state index contributed by atoms with van der Waals surface area (Å²) in [5.41, 5.74) is 0.233. The number of piperidine rings is 1. The van der Waals surface area contributed by atoms with Crippen LogP contribution in [0.2, 0.25) is 5.02 Å². The Hall–Kier alpha value is -2.67. The minimum absolute atomic E-state index is 0.0556. The molecule has 1 heterocycles. The van der Waals surface area contributed by atoms with Gasteiger partial charge in [-0.15, -0.1) is 0 Å². The van der Waals surface area contributed by atoms with Crippen molar-refractivity contribution in [2.75, 3.05) is 19.7 Å². The second-order valence-electron chi connectivity index (χ2n) is 7.50. The van der Waals surface area contributed by atoms with Gasteiger partial charge in [-0.25, -0.2) is 17.9 Å². The highest BCUT2D eigenvalue weighted by atomic mass is 35.5. The summed E-state index contributed by atoms with van der Waals surface area (Å²) in [6.07, 6.45) is 1.41. The summed E-state index contributed by atoms with van der Waals surface area (Å²) in [4.78, 5) is 13.8. The lowest BCUT2D eigenvalue weighted by Gasteiger charge is -2.37. The molecule has 0 aliphatic carbocycles. The first-order chi connectivity index (χ1) is 14.6. The minimum Gasteiger partial charge on any atom is -0.482 e. The molecule has 1 saturated heterocycles. The molecule has 0 saturated carbocycles. The number of hydrogen-bond acceptors (Lipinski definition) is 5. The van der Waals surface area contributed by atoms with E-state index in [2.05, 4.69) is 6.07 Å². The molecule has 31 heavy (non-hydrogen) atoms. The molecule has 1 aliphatic heterocycles. The Kier molecular flexibility index (Phi) is 6.84. The van der Waals surface area contributed by atoms with Crippen molar-refractivity contribution in [3.05, 3.63) is 58.9 Å². The molecule has 10 heteroatoms. The van der Waals surface area contributed by atoms with Crippen molar-refractivity contribution in [1.29, 1.82) is 5.26 Å². The Labute approximate surface area is 185 Å². The van der Waals surface area contributed by atoms with Gasteiger partial charge < -0.3 is 9.64 Å². The molecular formula is C21H21ClFN3O4S. The fourth-order valence-corrected chi connectivity index (χ4v) is 4.49. The van der Waals surface area contributed by atoms with Gasteiger partial charge in [0.2, 0.25) is 10.0 Å². The third-order valence-electron chi connectivity index (χ3n) is 5.33. The van der Waals surface area contributed by atoms with Crippen LogP contribution in [-0.2, 0) is 21.2 Å². The second kappa shape index (κ2) is 9.22. The monoisotopic (exact) mass is 465 g/mol. The summed E-state index contributed by atoms with van der Waals surface area (Å²) < 4.78 is 42.0. The number of ether oxygens (including phenoxy) is 1. The predicted molar refractivity (Wildman–Crippen MR) is 112 cm³/mol. The summed E-state index contributed by atoms with van der Waals surface area (Å²) in [7, 11) is -4.07. The number of halogens is 2. The summed E-state index contributed by atoms with van der Waals surface area (Å²) in [5, 5.41) is 15.1. The number of primary sulfonamides is 1. The first kappa shape index (κ1) is 23.0. The summed E-state index contributed by atoms with van der Waals surface area (Å²) in [6.45, 7) is 0.348. The van der Waals surface area contributed by atoms with Crippen molar-refractivity contribution in [1.82, 2.24) is 4.90 Å². The number of amides is 1. The zero-order chi connectivity index (χ0) is 22.6. The van der Waals surface area contributed by atoms with Gasteiger partial charge in [0.25, 0.3) is 5.91 Å². The zero-order valence-corrected chi connectivity index (χ0v) is 18.1. The predicted octanol–water partition coefficient (Wildman–Crippen LogP) is 2.88. The summed E-state index contributed by atoms with van der Waals surface area (Å²) in [6, 6.07) is 12.4. The Morgan fingerprint density at radius 3 is 2.45 bits per heavy atom. The molecule has 1 aliphatic rings. The van der Waals surface area contributed by atoms with Gasteiger partial charge >= 0.3 is 0 Å². The van der Waals surface area contributed by atoms with Crippen molar-refractivity contribution in [2.45, 2.75) is 24.2 Å². The van der Waals surface area contributed by atoms with Crippen molar-refractivity contribution in [2.24, 2.45) is 10.6 Å². The van der Waals surface area contributed by atoms with Crippen LogP contribution >= 0.6 is 11.6 Å². The van der Waals surface area contributed by atoms with Gasteiger partial charge in [0.05, 0.1) is 11.5 Å². The largest absolute Gasteiger partial charge is 0.482 e. The van der Waals surface area contributed by atoms with Crippen LogP contribution < -0.4 is 9.88 Å². The van der Waals surface area contributed by atoms with Gasteiger partial charge in [-0.05, 0) is 55.2 Å². The fraction of sp³-hybridized carbons (Fsp3) is 0.333. The van der Waals surface area contributed by atoms with Gasteiger partial charge in [-0.1, -0.05) is 23.7 Å². The molecule has 0 spiro atoms. The van der Waals surface area contributed by atoms with Crippen LogP contribution in [0.25, 0.3) is 0 Å². The molecule has 7 nitrogen and oxygen atoms in total. The maximum atomic E-state index is 13.1. The summed E-state index contributed by atoms with van der Waals surface area (Å²) in [5.74, 6) is -0.718. The standard InChI is InChI=1S/C21H21ClFN3O4S/c22-16-3-6-18(19(11-16)31(25,28)29)30-13-20(27)26-9-7-21(14-24,8-10-26)12-15-1-4-17(23)5-2-15/h1-6,11H,7-10,12-13H2,(H2,25,28,29). The number of benzene rings is 2. The fourth-order valence-electron chi connectivity index (χ4n) is 3.56. The first-order valence-corrected chi connectivity index (χ1v) is 11.4. The number of hydrogen-bond donors (Lipinski definition) is 1. The molecule has 2 N–H and O–H groups in total. The molecule has 164 valence electrons. The molecule has 3 rings (SSSR count). The lowest BCUT2D eigenvalue weighted by atomic mass is 9.75. The number of nitrogens with zero attached hydrogens (tertiary/aromatic N) is 2. The number of nitrogens with two attached hydrogens (primary N) is 1. The molecule has 2 aromatic carbocycles. The van der Waals surface area contributed by atoms with E-state index in [9.17, 15) is 22.9 Å². The molecular weight excluding hydrogens is 445 g/mol. The molecule has 1 fully saturated rings. The van der Waals surface area contributed by atoms with E-state index in [0.717, 1.165) is 11.6 Å². The Bertz CT molecular complexity index is 1110. The van der Waals surface area contributed by atoms with Crippen molar-refractivity contribution in [3.8, 4) is 11.8 Å². The van der Waals surface area contributed by atoms with E-state index < -0.39 is 15.4 Å².